The number of methoxy groups -OCH3 is 1. The minimum Gasteiger partial charge on any atom is -0.496 e. The predicted molar refractivity (Wildman–Crippen MR) is 71.1 cm³/mol. The summed E-state index contributed by atoms with van der Waals surface area (Å²) in [5.74, 6) is 0.249. The second kappa shape index (κ2) is 5.07. The van der Waals surface area contributed by atoms with Gasteiger partial charge in [-0.3, -0.25) is 0 Å². The third-order valence-corrected chi connectivity index (χ3v) is 3.11. The van der Waals surface area contributed by atoms with E-state index in [2.05, 4.69) is 15.9 Å². The Morgan fingerprint density at radius 3 is 2.47 bits per heavy atom. The first-order valence-corrected chi connectivity index (χ1v) is 6.08. The zero-order valence-corrected chi connectivity index (χ0v) is 11.3. The van der Waals surface area contributed by atoms with Gasteiger partial charge < -0.3 is 4.74 Å². The van der Waals surface area contributed by atoms with Gasteiger partial charge in [0.2, 0.25) is 0 Å². The molecular formula is C13H9BrClFO. The molecule has 0 fully saturated rings. The maximum Gasteiger partial charge on any atom is 0.132 e. The van der Waals surface area contributed by atoms with Gasteiger partial charge in [-0.2, -0.15) is 0 Å². The SMILES string of the molecule is COc1cc(Cl)ccc1-c1ccc(Br)cc1F. The van der Waals surface area contributed by atoms with Gasteiger partial charge in [-0.15, -0.1) is 0 Å². The van der Waals surface area contributed by atoms with Crippen LogP contribution in [0.1, 0.15) is 0 Å². The van der Waals surface area contributed by atoms with E-state index in [1.165, 1.54) is 13.2 Å². The summed E-state index contributed by atoms with van der Waals surface area (Å²) in [6, 6.07) is 10.0. The van der Waals surface area contributed by atoms with E-state index in [9.17, 15) is 4.39 Å². The van der Waals surface area contributed by atoms with Gasteiger partial charge in [0.05, 0.1) is 7.11 Å². The van der Waals surface area contributed by atoms with Gasteiger partial charge in [-0.25, -0.2) is 4.39 Å². The lowest BCUT2D eigenvalue weighted by Gasteiger charge is -2.10. The molecule has 88 valence electrons. The first-order chi connectivity index (χ1) is 8.11. The quantitative estimate of drug-likeness (QED) is 0.764. The molecule has 0 saturated heterocycles. The Hall–Kier alpha value is -1.06. The Morgan fingerprint density at radius 1 is 1.12 bits per heavy atom. The van der Waals surface area contributed by atoms with Gasteiger partial charge in [0.15, 0.2) is 0 Å². The van der Waals surface area contributed by atoms with Crippen molar-refractivity contribution in [1.29, 1.82) is 0 Å². The van der Waals surface area contributed by atoms with Crippen molar-refractivity contribution in [2.75, 3.05) is 7.11 Å². The fourth-order valence-electron chi connectivity index (χ4n) is 1.60. The summed E-state index contributed by atoms with van der Waals surface area (Å²) in [4.78, 5) is 0. The second-order valence-corrected chi connectivity index (χ2v) is 4.82. The normalized spacial score (nSPS) is 10.4. The molecule has 0 N–H and O–H groups in total. The Balaban J connectivity index is 2.60. The van der Waals surface area contributed by atoms with Gasteiger partial charge in [-0.05, 0) is 30.3 Å². The molecule has 4 heteroatoms. The summed E-state index contributed by atoms with van der Waals surface area (Å²) in [5, 5.41) is 0.558. The molecule has 17 heavy (non-hydrogen) atoms. The Morgan fingerprint density at radius 2 is 1.82 bits per heavy atom. The fourth-order valence-corrected chi connectivity index (χ4v) is 2.09. The van der Waals surface area contributed by atoms with Crippen LogP contribution in [0.25, 0.3) is 11.1 Å². The monoisotopic (exact) mass is 314 g/mol. The smallest absolute Gasteiger partial charge is 0.132 e. The zero-order chi connectivity index (χ0) is 12.4. The fraction of sp³-hybridized carbons (Fsp3) is 0.0769. The van der Waals surface area contributed by atoms with Gasteiger partial charge >= 0.3 is 0 Å². The van der Waals surface area contributed by atoms with E-state index in [1.807, 2.05) is 0 Å². The standard InChI is InChI=1S/C13H9BrClFO/c1-17-13-7-9(15)3-5-11(13)10-4-2-8(14)6-12(10)16/h2-7H,1H3. The van der Waals surface area contributed by atoms with Crippen LogP contribution in [0.4, 0.5) is 4.39 Å². The van der Waals surface area contributed by atoms with Crippen molar-refractivity contribution in [3.63, 3.8) is 0 Å². The van der Waals surface area contributed by atoms with Crippen LogP contribution in [-0.4, -0.2) is 7.11 Å². The molecule has 2 rings (SSSR count). The minimum absolute atomic E-state index is 0.306. The molecule has 1 nitrogen and oxygen atoms in total. The molecule has 2 aromatic carbocycles. The van der Waals surface area contributed by atoms with Crippen LogP contribution in [0, 0.1) is 5.82 Å². The molecule has 0 aliphatic rings. The Kier molecular flexibility index (Phi) is 3.69. The van der Waals surface area contributed by atoms with Crippen LogP contribution in [-0.2, 0) is 0 Å². The molecule has 0 atom stereocenters. The average Bonchev–Trinajstić information content (AvgIpc) is 2.30. The predicted octanol–water partition coefficient (Wildman–Crippen LogP) is 4.92. The summed E-state index contributed by atoms with van der Waals surface area (Å²) in [5.41, 5.74) is 1.17. The molecule has 0 radical (unpaired) electrons. The van der Waals surface area contributed by atoms with Crippen molar-refractivity contribution in [1.82, 2.24) is 0 Å². The van der Waals surface area contributed by atoms with Gasteiger partial charge in [0, 0.05) is 20.6 Å². The van der Waals surface area contributed by atoms with Crippen LogP contribution in [0.5, 0.6) is 5.75 Å². The van der Waals surface area contributed by atoms with Crippen LogP contribution < -0.4 is 4.74 Å². The third kappa shape index (κ3) is 2.61. The molecule has 0 saturated carbocycles. The largest absolute Gasteiger partial charge is 0.496 e. The highest BCUT2D eigenvalue weighted by Crippen LogP contribution is 2.34. The molecule has 0 aromatic heterocycles. The second-order valence-electron chi connectivity index (χ2n) is 3.47. The van der Waals surface area contributed by atoms with Crippen LogP contribution in [0.15, 0.2) is 40.9 Å². The number of rotatable bonds is 2. The molecule has 0 aliphatic carbocycles. The Labute approximate surface area is 112 Å². The average molecular weight is 316 g/mol. The molecule has 0 bridgehead atoms. The Bertz CT molecular complexity index is 557. The molecule has 2 aromatic rings. The van der Waals surface area contributed by atoms with Gasteiger partial charge in [-0.1, -0.05) is 33.6 Å². The van der Waals surface area contributed by atoms with Crippen molar-refractivity contribution in [3.05, 3.63) is 51.7 Å². The topological polar surface area (TPSA) is 9.23 Å². The first-order valence-electron chi connectivity index (χ1n) is 4.91. The zero-order valence-electron chi connectivity index (χ0n) is 9.01. The number of halogens is 3. The van der Waals surface area contributed by atoms with E-state index in [1.54, 1.807) is 30.3 Å². The highest BCUT2D eigenvalue weighted by molar-refractivity contribution is 9.10. The van der Waals surface area contributed by atoms with E-state index in [0.29, 0.717) is 26.4 Å². The number of ether oxygens (including phenoxy) is 1. The number of hydrogen-bond donors (Lipinski definition) is 0. The van der Waals surface area contributed by atoms with Crippen molar-refractivity contribution in [3.8, 4) is 16.9 Å². The molecule has 0 aliphatic heterocycles. The summed E-state index contributed by atoms with van der Waals surface area (Å²) in [7, 11) is 1.53. The lowest BCUT2D eigenvalue weighted by molar-refractivity contribution is 0.416. The van der Waals surface area contributed by atoms with E-state index in [0.717, 1.165) is 0 Å². The first kappa shape index (κ1) is 12.4. The lowest BCUT2D eigenvalue weighted by Crippen LogP contribution is -1.90. The van der Waals surface area contributed by atoms with Crippen LogP contribution >= 0.6 is 27.5 Å². The summed E-state index contributed by atoms with van der Waals surface area (Å²) in [6.07, 6.45) is 0. The maximum atomic E-state index is 13.8. The van der Waals surface area contributed by atoms with Gasteiger partial charge in [0.25, 0.3) is 0 Å². The van der Waals surface area contributed by atoms with Crippen molar-refractivity contribution >= 4 is 27.5 Å². The van der Waals surface area contributed by atoms with Crippen LogP contribution in [0.2, 0.25) is 5.02 Å². The molecule has 0 spiro atoms. The third-order valence-electron chi connectivity index (χ3n) is 2.38. The highest BCUT2D eigenvalue weighted by Gasteiger charge is 2.11. The maximum absolute atomic E-state index is 13.8. The summed E-state index contributed by atoms with van der Waals surface area (Å²) >= 11 is 9.09. The summed E-state index contributed by atoms with van der Waals surface area (Å²) in [6.45, 7) is 0. The van der Waals surface area contributed by atoms with Crippen molar-refractivity contribution < 1.29 is 9.13 Å². The van der Waals surface area contributed by atoms with Crippen LogP contribution in [0.3, 0.4) is 0 Å². The molecular weight excluding hydrogens is 306 g/mol. The lowest BCUT2D eigenvalue weighted by atomic mass is 10.0. The van der Waals surface area contributed by atoms with E-state index >= 15 is 0 Å². The van der Waals surface area contributed by atoms with Crippen molar-refractivity contribution in [2.45, 2.75) is 0 Å². The van der Waals surface area contributed by atoms with E-state index in [-0.39, 0.29) is 5.82 Å². The molecule has 0 amide bonds. The number of benzene rings is 2. The molecule has 0 unspecified atom stereocenters. The van der Waals surface area contributed by atoms with Gasteiger partial charge in [0.1, 0.15) is 11.6 Å². The van der Waals surface area contributed by atoms with E-state index < -0.39 is 0 Å². The van der Waals surface area contributed by atoms with E-state index in [4.69, 9.17) is 16.3 Å². The minimum atomic E-state index is -0.306. The highest BCUT2D eigenvalue weighted by atomic mass is 79.9. The van der Waals surface area contributed by atoms with Crippen molar-refractivity contribution in [2.24, 2.45) is 0 Å². The molecule has 0 heterocycles. The summed E-state index contributed by atoms with van der Waals surface area (Å²) < 4.78 is 19.7. The number of hydrogen-bond acceptors (Lipinski definition) is 1.